The van der Waals surface area contributed by atoms with E-state index in [0.29, 0.717) is 0 Å². The highest BCUT2D eigenvalue weighted by atomic mass is 32.1. The van der Waals surface area contributed by atoms with E-state index in [1.807, 2.05) is 0 Å². The number of thiol groups is 1. The molecular formula is C19H27FO2S. The second kappa shape index (κ2) is 9.31. The van der Waals surface area contributed by atoms with Gasteiger partial charge in [-0.15, -0.1) is 12.6 Å². The highest BCUT2D eigenvalue weighted by Gasteiger charge is 2.27. The zero-order chi connectivity index (χ0) is 16.7. The van der Waals surface area contributed by atoms with E-state index in [9.17, 15) is 9.18 Å². The average Bonchev–Trinajstić information content (AvgIpc) is 2.55. The smallest absolute Gasteiger partial charge is 0.314 e. The minimum Gasteiger partial charge on any atom is -0.426 e. The lowest BCUT2D eigenvalue weighted by Crippen LogP contribution is -2.25. The standard InChI is InChI=1S/C19H27FO2S/c1-2-3-4-5-6-14-7-9-15(10-8-14)19(21)22-16-11-12-18(23)17(20)13-16/h11-15,23H,2-10H2,1H3. The summed E-state index contributed by atoms with van der Waals surface area (Å²) in [6.07, 6.45) is 10.5. The molecule has 0 atom stereocenters. The van der Waals surface area contributed by atoms with Crippen LogP contribution in [0.4, 0.5) is 4.39 Å². The summed E-state index contributed by atoms with van der Waals surface area (Å²) < 4.78 is 18.8. The normalized spacial score (nSPS) is 21.2. The van der Waals surface area contributed by atoms with Gasteiger partial charge in [0.1, 0.15) is 11.6 Å². The van der Waals surface area contributed by atoms with Gasteiger partial charge in [0.05, 0.1) is 5.92 Å². The van der Waals surface area contributed by atoms with Crippen molar-refractivity contribution < 1.29 is 13.9 Å². The zero-order valence-corrected chi connectivity index (χ0v) is 14.8. The summed E-state index contributed by atoms with van der Waals surface area (Å²) in [6.45, 7) is 2.23. The molecule has 1 aliphatic carbocycles. The SMILES string of the molecule is CCCCCCC1CCC(C(=O)Oc2ccc(S)c(F)c2)CC1. The van der Waals surface area contributed by atoms with Crippen molar-refractivity contribution in [2.24, 2.45) is 11.8 Å². The van der Waals surface area contributed by atoms with Gasteiger partial charge >= 0.3 is 5.97 Å². The number of hydrogen-bond acceptors (Lipinski definition) is 3. The van der Waals surface area contributed by atoms with E-state index in [2.05, 4.69) is 19.6 Å². The Labute approximate surface area is 144 Å². The molecule has 0 unspecified atom stereocenters. The van der Waals surface area contributed by atoms with E-state index in [1.54, 1.807) is 6.07 Å². The molecule has 0 radical (unpaired) electrons. The number of ether oxygens (including phenoxy) is 1. The summed E-state index contributed by atoms with van der Waals surface area (Å²) in [5.74, 6) is 0.305. The highest BCUT2D eigenvalue weighted by molar-refractivity contribution is 7.80. The minimum absolute atomic E-state index is 0.0411. The third-order valence-electron chi connectivity index (χ3n) is 4.78. The average molecular weight is 338 g/mol. The van der Waals surface area contributed by atoms with Crippen LogP contribution in [0.1, 0.15) is 64.7 Å². The molecule has 1 saturated carbocycles. The predicted octanol–water partition coefficient (Wildman–Crippen LogP) is 5.80. The molecule has 4 heteroatoms. The highest BCUT2D eigenvalue weighted by Crippen LogP contribution is 2.33. The Kier molecular flexibility index (Phi) is 7.41. The Morgan fingerprint density at radius 2 is 1.96 bits per heavy atom. The van der Waals surface area contributed by atoms with E-state index in [-0.39, 0.29) is 22.5 Å². The molecule has 23 heavy (non-hydrogen) atoms. The summed E-state index contributed by atoms with van der Waals surface area (Å²) in [4.78, 5) is 12.5. The van der Waals surface area contributed by atoms with Gasteiger partial charge in [-0.1, -0.05) is 39.0 Å². The molecule has 0 amide bonds. The van der Waals surface area contributed by atoms with Gasteiger partial charge in [0.15, 0.2) is 0 Å². The van der Waals surface area contributed by atoms with E-state index in [1.165, 1.54) is 44.2 Å². The van der Waals surface area contributed by atoms with Gasteiger partial charge in [0.25, 0.3) is 0 Å². The molecule has 0 bridgehead atoms. The third-order valence-corrected chi connectivity index (χ3v) is 5.15. The van der Waals surface area contributed by atoms with Crippen LogP contribution in [0, 0.1) is 17.7 Å². The summed E-state index contributed by atoms with van der Waals surface area (Å²) in [5, 5.41) is 0. The first-order valence-corrected chi connectivity index (χ1v) is 9.25. The monoisotopic (exact) mass is 338 g/mol. The molecule has 0 heterocycles. The van der Waals surface area contributed by atoms with Crippen LogP contribution in [0.15, 0.2) is 23.1 Å². The molecule has 0 spiro atoms. The number of halogens is 1. The number of carbonyl (C=O) groups is 1. The summed E-state index contributed by atoms with van der Waals surface area (Å²) in [7, 11) is 0. The maximum absolute atomic E-state index is 13.4. The second-order valence-corrected chi connectivity index (χ2v) is 7.08. The van der Waals surface area contributed by atoms with Crippen LogP contribution in [0.5, 0.6) is 5.75 Å². The van der Waals surface area contributed by atoms with E-state index < -0.39 is 5.82 Å². The number of unbranched alkanes of at least 4 members (excludes halogenated alkanes) is 3. The first-order chi connectivity index (χ1) is 11.1. The van der Waals surface area contributed by atoms with Crippen molar-refractivity contribution in [3.05, 3.63) is 24.0 Å². The quantitative estimate of drug-likeness (QED) is 0.294. The van der Waals surface area contributed by atoms with Gasteiger partial charge in [-0.05, 0) is 43.7 Å². The number of rotatable bonds is 7. The third kappa shape index (κ3) is 5.83. The van der Waals surface area contributed by atoms with Crippen molar-refractivity contribution in [1.29, 1.82) is 0 Å². The van der Waals surface area contributed by atoms with Gasteiger partial charge in [0, 0.05) is 11.0 Å². The molecule has 128 valence electrons. The fourth-order valence-corrected chi connectivity index (χ4v) is 3.44. The molecule has 1 aromatic carbocycles. The minimum atomic E-state index is -0.463. The van der Waals surface area contributed by atoms with Crippen LogP contribution in [0.25, 0.3) is 0 Å². The Hall–Kier alpha value is -1.03. The molecule has 0 N–H and O–H groups in total. The van der Waals surface area contributed by atoms with E-state index in [4.69, 9.17) is 4.74 Å². The Morgan fingerprint density at radius 1 is 1.22 bits per heavy atom. The number of hydrogen-bond donors (Lipinski definition) is 1. The molecule has 1 fully saturated rings. The van der Waals surface area contributed by atoms with Crippen LogP contribution in [-0.2, 0) is 4.79 Å². The topological polar surface area (TPSA) is 26.3 Å². The van der Waals surface area contributed by atoms with Crippen molar-refractivity contribution in [3.63, 3.8) is 0 Å². The van der Waals surface area contributed by atoms with Crippen molar-refractivity contribution in [2.45, 2.75) is 69.6 Å². The van der Waals surface area contributed by atoms with Crippen LogP contribution in [0.2, 0.25) is 0 Å². The van der Waals surface area contributed by atoms with Crippen molar-refractivity contribution in [1.82, 2.24) is 0 Å². The largest absolute Gasteiger partial charge is 0.426 e. The molecular weight excluding hydrogens is 311 g/mol. The van der Waals surface area contributed by atoms with Crippen molar-refractivity contribution in [3.8, 4) is 5.75 Å². The van der Waals surface area contributed by atoms with Crippen molar-refractivity contribution in [2.75, 3.05) is 0 Å². The van der Waals surface area contributed by atoms with Gasteiger partial charge < -0.3 is 4.74 Å². The van der Waals surface area contributed by atoms with E-state index >= 15 is 0 Å². The summed E-state index contributed by atoms with van der Waals surface area (Å²) in [5.41, 5.74) is 0. The molecule has 1 aliphatic rings. The maximum Gasteiger partial charge on any atom is 0.314 e. The van der Waals surface area contributed by atoms with E-state index in [0.717, 1.165) is 31.6 Å². The molecule has 1 aromatic rings. The van der Waals surface area contributed by atoms with Crippen LogP contribution in [0.3, 0.4) is 0 Å². The Bertz CT molecular complexity index is 510. The predicted molar refractivity (Wildman–Crippen MR) is 93.5 cm³/mol. The number of benzene rings is 1. The van der Waals surface area contributed by atoms with Gasteiger partial charge in [0.2, 0.25) is 0 Å². The second-order valence-electron chi connectivity index (χ2n) is 6.60. The summed E-state index contributed by atoms with van der Waals surface area (Å²) in [6, 6.07) is 4.32. The maximum atomic E-state index is 13.4. The molecule has 2 rings (SSSR count). The number of esters is 1. The molecule has 2 nitrogen and oxygen atoms in total. The lowest BCUT2D eigenvalue weighted by atomic mass is 9.80. The first kappa shape index (κ1) is 18.3. The summed E-state index contributed by atoms with van der Waals surface area (Å²) >= 11 is 3.97. The molecule has 0 aliphatic heterocycles. The van der Waals surface area contributed by atoms with Crippen LogP contribution >= 0.6 is 12.6 Å². The zero-order valence-electron chi connectivity index (χ0n) is 13.9. The fourth-order valence-electron chi connectivity index (χ4n) is 3.30. The first-order valence-electron chi connectivity index (χ1n) is 8.80. The van der Waals surface area contributed by atoms with Crippen molar-refractivity contribution >= 4 is 18.6 Å². The van der Waals surface area contributed by atoms with Gasteiger partial charge in [-0.2, -0.15) is 0 Å². The molecule has 0 aromatic heterocycles. The number of carbonyl (C=O) groups excluding carboxylic acids is 1. The van der Waals surface area contributed by atoms with Gasteiger partial charge in [-0.25, -0.2) is 4.39 Å². The van der Waals surface area contributed by atoms with Crippen LogP contribution < -0.4 is 4.74 Å². The van der Waals surface area contributed by atoms with Gasteiger partial charge in [-0.3, -0.25) is 4.79 Å². The fraction of sp³-hybridized carbons (Fsp3) is 0.632. The Morgan fingerprint density at radius 3 is 2.61 bits per heavy atom. The molecule has 0 saturated heterocycles. The van der Waals surface area contributed by atoms with Crippen LogP contribution in [-0.4, -0.2) is 5.97 Å². The Balaban J connectivity index is 1.74. The lowest BCUT2D eigenvalue weighted by Gasteiger charge is -2.27. The lowest BCUT2D eigenvalue weighted by molar-refractivity contribution is -0.140.